The number of amides is 5. The summed E-state index contributed by atoms with van der Waals surface area (Å²) < 4.78 is 68.2. The molecule has 5 amide bonds. The second-order valence-electron chi connectivity index (χ2n) is 14.1. The average Bonchev–Trinajstić information content (AvgIpc) is 3.69. The molecule has 0 saturated carbocycles. The lowest BCUT2D eigenvalue weighted by Gasteiger charge is -2.41. The van der Waals surface area contributed by atoms with Gasteiger partial charge in [0, 0.05) is 68.5 Å². The molecule has 2 heterocycles. The van der Waals surface area contributed by atoms with Gasteiger partial charge in [0.2, 0.25) is 17.7 Å². The Morgan fingerprint density at radius 1 is 0.931 bits per heavy atom. The highest BCUT2D eigenvalue weighted by atomic mass is 19.4. The summed E-state index contributed by atoms with van der Waals surface area (Å²) in [6.07, 6.45) is -1.11. The van der Waals surface area contributed by atoms with E-state index in [0.717, 1.165) is 40.8 Å². The van der Waals surface area contributed by atoms with E-state index >= 15 is 4.39 Å². The van der Waals surface area contributed by atoms with Crippen LogP contribution in [0.1, 0.15) is 44.5 Å². The maximum atomic E-state index is 15.0. The van der Waals surface area contributed by atoms with Gasteiger partial charge in [0.15, 0.2) is 0 Å². The Labute approximate surface area is 330 Å². The summed E-state index contributed by atoms with van der Waals surface area (Å²) in [5.41, 5.74) is 7.80. The van der Waals surface area contributed by atoms with Crippen molar-refractivity contribution in [1.29, 1.82) is 0 Å². The lowest BCUT2D eigenvalue weighted by Crippen LogP contribution is -2.48. The average molecular weight is 821 g/mol. The normalized spacial score (nSPS) is 13.7. The quantitative estimate of drug-likeness (QED) is 0.0951. The highest BCUT2D eigenvalue weighted by molar-refractivity contribution is 6.14. The van der Waals surface area contributed by atoms with Gasteiger partial charge in [-0.05, 0) is 41.7 Å². The van der Waals surface area contributed by atoms with Crippen LogP contribution in [0.3, 0.4) is 0 Å². The third-order valence-corrected chi connectivity index (χ3v) is 8.57. The molecule has 1 aromatic heterocycles. The number of aromatic nitrogens is 1. The molecule has 1 aliphatic rings. The number of alkyl halides is 3. The number of nitrogens with one attached hydrogen (secondary N) is 2. The van der Waals surface area contributed by atoms with Gasteiger partial charge < -0.3 is 35.7 Å². The molecule has 4 rings (SSSR count). The van der Waals surface area contributed by atoms with Crippen molar-refractivity contribution in [2.45, 2.75) is 52.0 Å². The van der Waals surface area contributed by atoms with Crippen LogP contribution in [-0.2, 0) is 40.0 Å². The van der Waals surface area contributed by atoms with E-state index in [1.165, 1.54) is 7.11 Å². The lowest BCUT2D eigenvalue weighted by molar-refractivity contribution is -0.192. The van der Waals surface area contributed by atoms with Crippen LogP contribution in [0.15, 0.2) is 72.9 Å². The van der Waals surface area contributed by atoms with Crippen molar-refractivity contribution in [3.63, 3.8) is 0 Å². The van der Waals surface area contributed by atoms with E-state index in [2.05, 4.69) is 10.6 Å². The van der Waals surface area contributed by atoms with Gasteiger partial charge in [-0.3, -0.25) is 28.9 Å². The van der Waals surface area contributed by atoms with E-state index in [9.17, 15) is 41.5 Å². The van der Waals surface area contributed by atoms with Gasteiger partial charge in [0.1, 0.15) is 24.8 Å². The van der Waals surface area contributed by atoms with Gasteiger partial charge in [-0.2, -0.15) is 13.2 Å². The molecule has 314 valence electrons. The third kappa shape index (κ3) is 13.3. The Hall–Kier alpha value is -5.95. The summed E-state index contributed by atoms with van der Waals surface area (Å²) in [6, 6.07) is 13.0. The van der Waals surface area contributed by atoms with Crippen LogP contribution in [-0.4, -0.2) is 107 Å². The van der Waals surface area contributed by atoms with Gasteiger partial charge in [-0.15, -0.1) is 0 Å². The van der Waals surface area contributed by atoms with Crippen LogP contribution in [0.2, 0.25) is 0 Å². The molecular weight excluding hydrogens is 775 g/mol. The largest absolute Gasteiger partial charge is 0.490 e. The van der Waals surface area contributed by atoms with Crippen molar-refractivity contribution in [3.05, 3.63) is 95.8 Å². The summed E-state index contributed by atoms with van der Waals surface area (Å²) in [4.78, 5) is 73.4. The zero-order chi connectivity index (χ0) is 43.4. The Morgan fingerprint density at radius 3 is 2.10 bits per heavy atom. The minimum absolute atomic E-state index is 0.0259. The van der Waals surface area contributed by atoms with Gasteiger partial charge >= 0.3 is 12.1 Å². The number of ether oxygens (including phenoxy) is 1. The second kappa shape index (κ2) is 20.5. The molecule has 19 heteroatoms. The van der Waals surface area contributed by atoms with Crippen LogP contribution in [0.5, 0.6) is 0 Å². The van der Waals surface area contributed by atoms with Crippen LogP contribution in [0, 0.1) is 17.0 Å². The molecule has 3 aromatic rings. The van der Waals surface area contributed by atoms with Crippen LogP contribution in [0.25, 0.3) is 11.1 Å². The van der Waals surface area contributed by atoms with E-state index in [1.54, 1.807) is 17.2 Å². The van der Waals surface area contributed by atoms with Crippen molar-refractivity contribution in [2.24, 2.45) is 11.1 Å². The number of nitrogens with zero attached hydrogens (tertiary/aromatic N) is 3. The predicted molar refractivity (Wildman–Crippen MR) is 199 cm³/mol. The minimum atomic E-state index is -5.08. The standard InChI is InChI=1S/C37H44F2N6O6.C2HF3O2/c1-37(2,3)35(30-18-25(27-19-26(38)10-11-28(27)39)21-43(30)20-24-8-6-5-7-9-24)44(34(49)23-51-4)17-14-29(40)36(50)42-16-15-41-31(46)22-45-32(47)12-13-33(45)48;3-2(4,5)1(6)7/h5-13,18-19,21,29,35H,14-17,20,22-23,40H2,1-4H3,(H,41,46)(H,42,50);(H,6,7)/t29-,35?;/m0./s1. The molecule has 0 fully saturated rings. The summed E-state index contributed by atoms with van der Waals surface area (Å²) in [6.45, 7) is 5.68. The fourth-order valence-electron chi connectivity index (χ4n) is 5.93. The number of carboxylic acid groups (broad SMARTS) is 1. The summed E-state index contributed by atoms with van der Waals surface area (Å²) in [7, 11) is 1.40. The van der Waals surface area contributed by atoms with E-state index in [1.807, 2.05) is 55.7 Å². The molecule has 2 aromatic carbocycles. The molecule has 14 nitrogen and oxygen atoms in total. The Kier molecular flexibility index (Phi) is 16.4. The number of rotatable bonds is 16. The number of carboxylic acids is 1. The summed E-state index contributed by atoms with van der Waals surface area (Å²) in [5.74, 6) is -6.53. The summed E-state index contributed by atoms with van der Waals surface area (Å²) in [5, 5.41) is 12.3. The number of nitrogens with two attached hydrogens (primary N) is 1. The molecule has 2 atom stereocenters. The maximum Gasteiger partial charge on any atom is 0.490 e. The lowest BCUT2D eigenvalue weighted by atomic mass is 9.82. The molecular formula is C39H45F5N6O8. The molecule has 0 radical (unpaired) electrons. The number of imide groups is 1. The van der Waals surface area contributed by atoms with Crippen molar-refractivity contribution in [2.75, 3.05) is 39.9 Å². The van der Waals surface area contributed by atoms with Crippen LogP contribution in [0.4, 0.5) is 22.0 Å². The number of benzene rings is 2. The monoisotopic (exact) mass is 820 g/mol. The Balaban J connectivity index is 0.00000117. The van der Waals surface area contributed by atoms with Crippen molar-refractivity contribution >= 4 is 35.5 Å². The first-order chi connectivity index (χ1) is 27.1. The number of carbonyl (C=O) groups excluding carboxylic acids is 5. The molecule has 1 aliphatic heterocycles. The van der Waals surface area contributed by atoms with Crippen LogP contribution < -0.4 is 16.4 Å². The van der Waals surface area contributed by atoms with Crippen molar-refractivity contribution in [1.82, 2.24) is 25.0 Å². The van der Waals surface area contributed by atoms with E-state index in [-0.39, 0.29) is 44.1 Å². The second-order valence-corrected chi connectivity index (χ2v) is 14.1. The zero-order valence-electron chi connectivity index (χ0n) is 32.1. The molecule has 0 bridgehead atoms. The Bertz CT molecular complexity index is 1960. The highest BCUT2D eigenvalue weighted by Gasteiger charge is 2.39. The zero-order valence-corrected chi connectivity index (χ0v) is 32.1. The van der Waals surface area contributed by atoms with Crippen molar-refractivity contribution < 1.29 is 60.6 Å². The fraction of sp³-hybridized carbons (Fsp3) is 0.385. The number of hydrogen-bond donors (Lipinski definition) is 4. The van der Waals surface area contributed by atoms with Crippen molar-refractivity contribution in [3.8, 4) is 11.1 Å². The third-order valence-electron chi connectivity index (χ3n) is 8.57. The number of aliphatic carboxylic acids is 1. The van der Waals surface area contributed by atoms with Gasteiger partial charge in [-0.25, -0.2) is 13.6 Å². The Morgan fingerprint density at radius 2 is 1.53 bits per heavy atom. The highest BCUT2D eigenvalue weighted by Crippen LogP contribution is 2.41. The van der Waals surface area contributed by atoms with Gasteiger partial charge in [-0.1, -0.05) is 51.1 Å². The number of hydrogen-bond acceptors (Lipinski definition) is 8. The van der Waals surface area contributed by atoms with E-state index in [0.29, 0.717) is 17.8 Å². The number of methoxy groups -OCH3 is 1. The van der Waals surface area contributed by atoms with E-state index in [4.69, 9.17) is 20.4 Å². The first kappa shape index (κ1) is 46.4. The first-order valence-electron chi connectivity index (χ1n) is 17.8. The predicted octanol–water partition coefficient (Wildman–Crippen LogP) is 3.55. The van der Waals surface area contributed by atoms with Gasteiger partial charge in [0.25, 0.3) is 11.8 Å². The number of halogens is 5. The fourth-order valence-corrected chi connectivity index (χ4v) is 5.93. The molecule has 58 heavy (non-hydrogen) atoms. The summed E-state index contributed by atoms with van der Waals surface area (Å²) >= 11 is 0. The maximum absolute atomic E-state index is 15.0. The van der Waals surface area contributed by atoms with Crippen LogP contribution >= 0.6 is 0 Å². The SMILES string of the molecule is COCC(=O)N(CC[C@H](N)C(=O)NCCNC(=O)CN1C(=O)C=CC1=O)C(c1cc(-c2cc(F)ccc2F)cn1Cc1ccccc1)C(C)(C)C.O=C(O)C(F)(F)F. The van der Waals surface area contributed by atoms with Gasteiger partial charge in [0.05, 0.1) is 12.1 Å². The minimum Gasteiger partial charge on any atom is -0.475 e. The molecule has 5 N–H and O–H groups in total. The molecule has 1 unspecified atom stereocenters. The smallest absolute Gasteiger partial charge is 0.475 e. The van der Waals surface area contributed by atoms with E-state index < -0.39 is 71.5 Å². The first-order valence-corrected chi connectivity index (χ1v) is 17.8. The molecule has 0 spiro atoms. The molecule has 0 saturated heterocycles. The topological polar surface area (TPSA) is 193 Å². The number of carbonyl (C=O) groups is 6. The molecule has 0 aliphatic carbocycles.